The van der Waals surface area contributed by atoms with Crippen molar-refractivity contribution in [2.45, 2.75) is 44.4 Å². The van der Waals surface area contributed by atoms with Crippen LogP contribution >= 0.6 is 0 Å². The van der Waals surface area contributed by atoms with E-state index in [0.717, 1.165) is 5.56 Å². The molecule has 152 valence electrons. The van der Waals surface area contributed by atoms with E-state index in [4.69, 9.17) is 4.52 Å². The second-order valence-corrected chi connectivity index (χ2v) is 9.18. The predicted octanol–water partition coefficient (Wildman–Crippen LogP) is 1.97. The molecule has 2 heterocycles. The summed E-state index contributed by atoms with van der Waals surface area (Å²) >= 11 is 0. The standard InChI is InChI=1S/C19H26N4O4S/c1-14(2)16-4-6-17(7-5-16)28(25,26)23-12-10-22(11-13-23)19(24)9-8-18-20-15(3)21-27-18/h4-7,14H,8-13H2,1-3H3. The number of nitrogens with zero attached hydrogens (tertiary/aromatic N) is 4. The van der Waals surface area contributed by atoms with Gasteiger partial charge in [0.1, 0.15) is 0 Å². The highest BCUT2D eigenvalue weighted by Gasteiger charge is 2.30. The molecule has 8 nitrogen and oxygen atoms in total. The summed E-state index contributed by atoms with van der Waals surface area (Å²) in [5, 5.41) is 3.70. The summed E-state index contributed by atoms with van der Waals surface area (Å²) in [5.41, 5.74) is 1.10. The lowest BCUT2D eigenvalue weighted by molar-refractivity contribution is -0.132. The van der Waals surface area contributed by atoms with E-state index >= 15 is 0 Å². The van der Waals surface area contributed by atoms with Gasteiger partial charge in [-0.2, -0.15) is 9.29 Å². The number of rotatable bonds is 6. The van der Waals surface area contributed by atoms with Crippen LogP contribution in [0.25, 0.3) is 0 Å². The molecule has 0 unspecified atom stereocenters. The number of benzene rings is 1. The maximum atomic E-state index is 12.9. The number of carbonyl (C=O) groups excluding carboxylic acids is 1. The van der Waals surface area contributed by atoms with Gasteiger partial charge in [-0.15, -0.1) is 0 Å². The lowest BCUT2D eigenvalue weighted by atomic mass is 10.0. The highest BCUT2D eigenvalue weighted by Crippen LogP contribution is 2.21. The smallest absolute Gasteiger partial charge is 0.243 e. The number of hydrogen-bond acceptors (Lipinski definition) is 6. The fraction of sp³-hybridized carbons (Fsp3) is 0.526. The van der Waals surface area contributed by atoms with Gasteiger partial charge in [0.2, 0.25) is 21.8 Å². The number of aromatic nitrogens is 2. The van der Waals surface area contributed by atoms with Crippen molar-refractivity contribution in [3.63, 3.8) is 0 Å². The Balaban J connectivity index is 1.55. The third kappa shape index (κ3) is 4.59. The van der Waals surface area contributed by atoms with E-state index in [-0.39, 0.29) is 12.3 Å². The summed E-state index contributed by atoms with van der Waals surface area (Å²) < 4.78 is 32.2. The van der Waals surface area contributed by atoms with Gasteiger partial charge < -0.3 is 9.42 Å². The molecule has 1 aromatic carbocycles. The largest absolute Gasteiger partial charge is 0.340 e. The zero-order valence-electron chi connectivity index (χ0n) is 16.5. The van der Waals surface area contributed by atoms with Crippen molar-refractivity contribution in [3.05, 3.63) is 41.5 Å². The maximum absolute atomic E-state index is 12.9. The zero-order valence-corrected chi connectivity index (χ0v) is 17.3. The quantitative estimate of drug-likeness (QED) is 0.728. The van der Waals surface area contributed by atoms with Gasteiger partial charge in [0.05, 0.1) is 4.90 Å². The summed E-state index contributed by atoms with van der Waals surface area (Å²) in [6, 6.07) is 7.04. The molecule has 0 spiro atoms. The Hall–Kier alpha value is -2.26. The second-order valence-electron chi connectivity index (χ2n) is 7.24. The van der Waals surface area contributed by atoms with E-state index in [2.05, 4.69) is 24.0 Å². The molecule has 9 heteroatoms. The van der Waals surface area contributed by atoms with Crippen molar-refractivity contribution >= 4 is 15.9 Å². The van der Waals surface area contributed by atoms with Gasteiger partial charge in [0.15, 0.2) is 5.82 Å². The van der Waals surface area contributed by atoms with Crippen LogP contribution in [0, 0.1) is 6.92 Å². The molecule has 0 saturated carbocycles. The van der Waals surface area contributed by atoms with E-state index in [1.165, 1.54) is 4.31 Å². The first-order valence-electron chi connectivity index (χ1n) is 9.44. The lowest BCUT2D eigenvalue weighted by Crippen LogP contribution is -2.50. The first kappa shape index (κ1) is 20.5. The molecule has 0 aliphatic carbocycles. The van der Waals surface area contributed by atoms with Gasteiger partial charge in [-0.1, -0.05) is 31.1 Å². The fourth-order valence-electron chi connectivity index (χ4n) is 3.17. The Morgan fingerprint density at radius 1 is 1.14 bits per heavy atom. The summed E-state index contributed by atoms with van der Waals surface area (Å²) in [7, 11) is -3.54. The fourth-order valence-corrected chi connectivity index (χ4v) is 4.59. The average Bonchev–Trinajstić information content (AvgIpc) is 3.11. The molecule has 1 amide bonds. The van der Waals surface area contributed by atoms with Crippen LogP contribution in [0.2, 0.25) is 0 Å². The first-order chi connectivity index (χ1) is 13.3. The number of piperazine rings is 1. The Kier molecular flexibility index (Phi) is 6.14. The van der Waals surface area contributed by atoms with Gasteiger partial charge >= 0.3 is 0 Å². The number of amides is 1. The van der Waals surface area contributed by atoms with Gasteiger partial charge in [-0.05, 0) is 30.5 Å². The lowest BCUT2D eigenvalue weighted by Gasteiger charge is -2.34. The van der Waals surface area contributed by atoms with Gasteiger partial charge in [-0.3, -0.25) is 4.79 Å². The molecule has 0 bridgehead atoms. The van der Waals surface area contributed by atoms with Crippen molar-refractivity contribution in [1.82, 2.24) is 19.3 Å². The van der Waals surface area contributed by atoms with Crippen LogP contribution in [0.1, 0.15) is 43.5 Å². The second kappa shape index (κ2) is 8.40. The number of hydrogen-bond donors (Lipinski definition) is 0. The van der Waals surface area contributed by atoms with Crippen molar-refractivity contribution in [2.75, 3.05) is 26.2 Å². The highest BCUT2D eigenvalue weighted by molar-refractivity contribution is 7.89. The number of sulfonamides is 1. The summed E-state index contributed by atoms with van der Waals surface area (Å²) in [4.78, 5) is 18.4. The molecule has 0 atom stereocenters. The number of carbonyl (C=O) groups is 1. The Bertz CT molecular complexity index is 914. The third-order valence-corrected chi connectivity index (χ3v) is 6.81. The Labute approximate surface area is 165 Å². The molecule has 1 aliphatic rings. The maximum Gasteiger partial charge on any atom is 0.243 e. The summed E-state index contributed by atoms with van der Waals surface area (Å²) in [6.45, 7) is 7.21. The molecule has 3 rings (SSSR count). The average molecular weight is 407 g/mol. The minimum Gasteiger partial charge on any atom is -0.340 e. The van der Waals surface area contributed by atoms with Crippen LogP contribution in [0.3, 0.4) is 0 Å². The molecule has 1 saturated heterocycles. The van der Waals surface area contributed by atoms with Crippen LogP contribution < -0.4 is 0 Å². The van der Waals surface area contributed by atoms with Crippen molar-refractivity contribution in [2.24, 2.45) is 0 Å². The predicted molar refractivity (Wildman–Crippen MR) is 103 cm³/mol. The molecule has 0 N–H and O–H groups in total. The summed E-state index contributed by atoms with van der Waals surface area (Å²) in [5.74, 6) is 1.30. The van der Waals surface area contributed by atoms with Crippen molar-refractivity contribution in [3.8, 4) is 0 Å². The van der Waals surface area contributed by atoms with E-state index < -0.39 is 10.0 Å². The third-order valence-electron chi connectivity index (χ3n) is 4.90. The minimum atomic E-state index is -3.54. The molecule has 1 fully saturated rings. The minimum absolute atomic E-state index is 0.0332. The van der Waals surface area contributed by atoms with Crippen LogP contribution in [-0.2, 0) is 21.2 Å². The van der Waals surface area contributed by atoms with E-state index in [9.17, 15) is 13.2 Å². The van der Waals surface area contributed by atoms with Crippen LogP contribution in [0.15, 0.2) is 33.7 Å². The highest BCUT2D eigenvalue weighted by atomic mass is 32.2. The van der Waals surface area contributed by atoms with Crippen LogP contribution in [0.5, 0.6) is 0 Å². The SMILES string of the molecule is Cc1noc(CCC(=O)N2CCN(S(=O)(=O)c3ccc(C(C)C)cc3)CC2)n1. The molecular weight excluding hydrogens is 380 g/mol. The summed E-state index contributed by atoms with van der Waals surface area (Å²) in [6.07, 6.45) is 0.658. The molecule has 0 radical (unpaired) electrons. The normalized spacial score (nSPS) is 15.9. The first-order valence-corrected chi connectivity index (χ1v) is 10.9. The molecular formula is C19H26N4O4S. The van der Waals surface area contributed by atoms with Gasteiger partial charge in [-0.25, -0.2) is 8.42 Å². The molecule has 28 heavy (non-hydrogen) atoms. The monoisotopic (exact) mass is 406 g/mol. The van der Waals surface area contributed by atoms with Gasteiger partial charge in [0.25, 0.3) is 0 Å². The van der Waals surface area contributed by atoms with Gasteiger partial charge in [0, 0.05) is 39.0 Å². The van der Waals surface area contributed by atoms with Crippen LogP contribution in [0.4, 0.5) is 0 Å². The molecule has 1 aromatic heterocycles. The Morgan fingerprint density at radius 2 is 1.79 bits per heavy atom. The Morgan fingerprint density at radius 3 is 2.32 bits per heavy atom. The zero-order chi connectivity index (χ0) is 20.3. The van der Waals surface area contributed by atoms with E-state index in [1.807, 2.05) is 12.1 Å². The molecule has 2 aromatic rings. The van der Waals surface area contributed by atoms with Crippen molar-refractivity contribution < 1.29 is 17.7 Å². The van der Waals surface area contributed by atoms with E-state index in [0.29, 0.717) is 55.1 Å². The van der Waals surface area contributed by atoms with Crippen LogP contribution in [-0.4, -0.2) is 59.8 Å². The molecule has 1 aliphatic heterocycles. The van der Waals surface area contributed by atoms with Crippen molar-refractivity contribution in [1.29, 1.82) is 0 Å². The number of aryl methyl sites for hydroxylation is 2. The topological polar surface area (TPSA) is 96.6 Å². The van der Waals surface area contributed by atoms with E-state index in [1.54, 1.807) is 24.0 Å².